The number of rotatable bonds is 5. The molecule has 0 radical (unpaired) electrons. The number of aromatic nitrogens is 4. The van der Waals surface area contributed by atoms with Gasteiger partial charge in [0, 0.05) is 43.9 Å². The summed E-state index contributed by atoms with van der Waals surface area (Å²) in [6, 6.07) is 6.44. The molecule has 3 rings (SSSR count). The van der Waals surface area contributed by atoms with Gasteiger partial charge in [0.05, 0.1) is 18.8 Å². The molecule has 1 atom stereocenters. The van der Waals surface area contributed by atoms with Gasteiger partial charge in [-0.1, -0.05) is 18.2 Å². The van der Waals surface area contributed by atoms with Crippen LogP contribution in [0.3, 0.4) is 0 Å². The summed E-state index contributed by atoms with van der Waals surface area (Å²) >= 11 is 0. The molecule has 5 heteroatoms. The molecule has 1 aromatic carbocycles. The number of hydrogen-bond donors (Lipinski definition) is 0. The summed E-state index contributed by atoms with van der Waals surface area (Å²) in [5.41, 5.74) is 4.64. The van der Waals surface area contributed by atoms with Crippen molar-refractivity contribution in [1.29, 1.82) is 0 Å². The lowest BCUT2D eigenvalue weighted by molar-refractivity contribution is 0.103. The Morgan fingerprint density at radius 2 is 2.09 bits per heavy atom. The molecule has 5 nitrogen and oxygen atoms in total. The normalized spacial score (nSPS) is 12.5. The predicted octanol–water partition coefficient (Wildman–Crippen LogP) is 3.29. The zero-order valence-corrected chi connectivity index (χ0v) is 14.0. The van der Waals surface area contributed by atoms with Crippen LogP contribution in [0.15, 0.2) is 43.0 Å². The maximum Gasteiger partial charge on any atom is 0.140 e. The van der Waals surface area contributed by atoms with Crippen molar-refractivity contribution in [2.45, 2.75) is 26.5 Å². The maximum absolute atomic E-state index is 5.37. The van der Waals surface area contributed by atoms with Crippen LogP contribution in [0.2, 0.25) is 0 Å². The van der Waals surface area contributed by atoms with E-state index in [1.54, 1.807) is 7.11 Å². The molecule has 0 aliphatic heterocycles. The smallest absolute Gasteiger partial charge is 0.140 e. The third kappa shape index (κ3) is 3.19. The summed E-state index contributed by atoms with van der Waals surface area (Å²) in [4.78, 5) is 4.53. The Balaban J connectivity index is 1.94. The summed E-state index contributed by atoms with van der Waals surface area (Å²) < 4.78 is 9.32. The van der Waals surface area contributed by atoms with E-state index in [0.717, 1.165) is 23.5 Å². The van der Waals surface area contributed by atoms with Crippen molar-refractivity contribution in [1.82, 2.24) is 19.3 Å². The summed E-state index contributed by atoms with van der Waals surface area (Å²) in [7, 11) is 3.66. The summed E-state index contributed by atoms with van der Waals surface area (Å²) in [6.45, 7) is 4.96. The highest BCUT2D eigenvalue weighted by atomic mass is 16.5. The molecule has 0 amide bonds. The largest absolute Gasteiger partial charge is 0.380 e. The van der Waals surface area contributed by atoms with Crippen molar-refractivity contribution < 1.29 is 4.74 Å². The number of aryl methyl sites for hydroxylation is 2. The van der Waals surface area contributed by atoms with Crippen LogP contribution in [0.1, 0.15) is 12.5 Å². The molecular weight excluding hydrogens is 288 g/mol. The zero-order valence-electron chi connectivity index (χ0n) is 14.0. The molecule has 0 aliphatic rings. The van der Waals surface area contributed by atoms with E-state index in [2.05, 4.69) is 46.7 Å². The van der Waals surface area contributed by atoms with Gasteiger partial charge in [0.15, 0.2) is 0 Å². The highest BCUT2D eigenvalue weighted by molar-refractivity contribution is 5.70. The quantitative estimate of drug-likeness (QED) is 0.726. The van der Waals surface area contributed by atoms with Crippen molar-refractivity contribution in [2.75, 3.05) is 7.11 Å². The van der Waals surface area contributed by atoms with Gasteiger partial charge in [0.2, 0.25) is 0 Å². The predicted molar refractivity (Wildman–Crippen MR) is 91.1 cm³/mol. The fourth-order valence-corrected chi connectivity index (χ4v) is 2.72. The average Bonchev–Trinajstić information content (AvgIpc) is 3.16. The molecule has 1 unspecified atom stereocenters. The molecule has 23 heavy (non-hydrogen) atoms. The van der Waals surface area contributed by atoms with E-state index in [0.29, 0.717) is 0 Å². The number of benzene rings is 1. The van der Waals surface area contributed by atoms with Crippen molar-refractivity contribution in [3.05, 3.63) is 48.5 Å². The summed E-state index contributed by atoms with van der Waals surface area (Å²) in [5.74, 6) is 0.976. The van der Waals surface area contributed by atoms with Crippen LogP contribution < -0.4 is 0 Å². The zero-order chi connectivity index (χ0) is 16.4. The van der Waals surface area contributed by atoms with Crippen LogP contribution in [0, 0.1) is 6.92 Å². The first kappa shape index (κ1) is 15.5. The maximum atomic E-state index is 5.37. The Hall–Kier alpha value is -2.40. The van der Waals surface area contributed by atoms with Crippen LogP contribution in [0.25, 0.3) is 22.5 Å². The molecule has 0 spiro atoms. The van der Waals surface area contributed by atoms with Crippen molar-refractivity contribution in [3.8, 4) is 22.5 Å². The van der Waals surface area contributed by atoms with Crippen LogP contribution >= 0.6 is 0 Å². The Morgan fingerprint density at radius 3 is 2.74 bits per heavy atom. The Morgan fingerprint density at radius 1 is 1.26 bits per heavy atom. The first-order valence-electron chi connectivity index (χ1n) is 7.72. The van der Waals surface area contributed by atoms with E-state index < -0.39 is 0 Å². The fourth-order valence-electron chi connectivity index (χ4n) is 2.72. The van der Waals surface area contributed by atoms with Gasteiger partial charge in [-0.15, -0.1) is 0 Å². The van der Waals surface area contributed by atoms with E-state index in [1.165, 1.54) is 11.1 Å². The number of methoxy groups -OCH3 is 1. The monoisotopic (exact) mass is 310 g/mol. The van der Waals surface area contributed by atoms with Crippen LogP contribution in [0.5, 0.6) is 0 Å². The molecule has 0 saturated carbocycles. The highest BCUT2D eigenvalue weighted by Crippen LogP contribution is 2.27. The van der Waals surface area contributed by atoms with E-state index in [9.17, 15) is 0 Å². The fraction of sp³-hybridized carbons (Fsp3) is 0.333. The van der Waals surface area contributed by atoms with Gasteiger partial charge >= 0.3 is 0 Å². The first-order valence-corrected chi connectivity index (χ1v) is 7.72. The Bertz CT molecular complexity index is 803. The standard InChI is InChI=1S/C18H22N4O/c1-13-9-15(16-10-20-21(3)12-16)5-6-17(13)18-19-7-8-22(18)11-14(2)23-4/h5-10,12,14H,11H2,1-4H3. The number of hydrogen-bond acceptors (Lipinski definition) is 3. The third-order valence-electron chi connectivity index (χ3n) is 4.08. The second-order valence-electron chi connectivity index (χ2n) is 5.88. The van der Waals surface area contributed by atoms with Gasteiger partial charge in [-0.2, -0.15) is 5.10 Å². The molecule has 0 N–H and O–H groups in total. The average molecular weight is 310 g/mol. The second kappa shape index (κ2) is 6.38. The Labute approximate surface area is 136 Å². The summed E-state index contributed by atoms with van der Waals surface area (Å²) in [6.07, 6.45) is 7.90. The van der Waals surface area contributed by atoms with E-state index in [4.69, 9.17) is 4.74 Å². The minimum atomic E-state index is 0.151. The lowest BCUT2D eigenvalue weighted by atomic mass is 10.0. The summed E-state index contributed by atoms with van der Waals surface area (Å²) in [5, 5.41) is 4.24. The van der Waals surface area contributed by atoms with Gasteiger partial charge < -0.3 is 9.30 Å². The van der Waals surface area contributed by atoms with E-state index in [1.807, 2.05) is 36.5 Å². The molecule has 0 fully saturated rings. The number of nitrogens with zero attached hydrogens (tertiary/aromatic N) is 4. The van der Waals surface area contributed by atoms with Crippen molar-refractivity contribution in [3.63, 3.8) is 0 Å². The molecule has 2 aromatic heterocycles. The SMILES string of the molecule is COC(C)Cn1ccnc1-c1ccc(-c2cnn(C)c2)cc1C. The number of ether oxygens (including phenoxy) is 1. The minimum absolute atomic E-state index is 0.151. The molecule has 0 aliphatic carbocycles. The lowest BCUT2D eigenvalue weighted by Crippen LogP contribution is -2.15. The van der Waals surface area contributed by atoms with Gasteiger partial charge in [0.25, 0.3) is 0 Å². The van der Waals surface area contributed by atoms with Gasteiger partial charge in [-0.05, 0) is 25.0 Å². The Kier molecular flexibility index (Phi) is 4.30. The second-order valence-corrected chi connectivity index (χ2v) is 5.88. The third-order valence-corrected chi connectivity index (χ3v) is 4.08. The van der Waals surface area contributed by atoms with Gasteiger partial charge in [0.1, 0.15) is 5.82 Å². The van der Waals surface area contributed by atoms with Crippen LogP contribution in [-0.4, -0.2) is 32.5 Å². The highest BCUT2D eigenvalue weighted by Gasteiger charge is 2.12. The minimum Gasteiger partial charge on any atom is -0.380 e. The molecule has 0 saturated heterocycles. The topological polar surface area (TPSA) is 44.9 Å². The van der Waals surface area contributed by atoms with E-state index in [-0.39, 0.29) is 6.10 Å². The van der Waals surface area contributed by atoms with Crippen molar-refractivity contribution in [2.24, 2.45) is 7.05 Å². The van der Waals surface area contributed by atoms with Gasteiger partial charge in [-0.25, -0.2) is 4.98 Å². The molecular formula is C18H22N4O. The van der Waals surface area contributed by atoms with E-state index >= 15 is 0 Å². The number of imidazole rings is 1. The lowest BCUT2D eigenvalue weighted by Gasteiger charge is -2.14. The molecule has 2 heterocycles. The van der Waals surface area contributed by atoms with Gasteiger partial charge in [-0.3, -0.25) is 4.68 Å². The van der Waals surface area contributed by atoms with Crippen LogP contribution in [0.4, 0.5) is 0 Å². The first-order chi connectivity index (χ1) is 11.1. The van der Waals surface area contributed by atoms with Crippen molar-refractivity contribution >= 4 is 0 Å². The molecule has 0 bridgehead atoms. The molecule has 3 aromatic rings. The molecule has 120 valence electrons. The van der Waals surface area contributed by atoms with Crippen LogP contribution in [-0.2, 0) is 18.3 Å².